The topological polar surface area (TPSA) is 22.1 Å². The maximum Gasteiger partial charge on any atom is 0.417 e. The summed E-state index contributed by atoms with van der Waals surface area (Å²) in [5.41, 5.74) is -0.507. The van der Waals surface area contributed by atoms with E-state index < -0.39 is 11.7 Å². The number of halogens is 4. The molecule has 0 bridgehead atoms. The van der Waals surface area contributed by atoms with Crippen molar-refractivity contribution in [2.45, 2.75) is 6.18 Å². The van der Waals surface area contributed by atoms with Crippen molar-refractivity contribution in [3.63, 3.8) is 0 Å². The normalized spacial score (nSPS) is 11.4. The number of alkyl halides is 3. The van der Waals surface area contributed by atoms with Crippen LogP contribution in [0.4, 0.5) is 13.2 Å². The number of hydrogen-bond acceptors (Lipinski definition) is 2. The zero-order chi connectivity index (χ0) is 14.0. The van der Waals surface area contributed by atoms with Crippen molar-refractivity contribution >= 4 is 11.6 Å². The van der Waals surface area contributed by atoms with Crippen LogP contribution in [0.2, 0.25) is 5.02 Å². The smallest absolute Gasteiger partial charge is 0.417 e. The van der Waals surface area contributed by atoms with Gasteiger partial charge in [-0.3, -0.25) is 0 Å². The monoisotopic (exact) mass is 287 g/mol. The van der Waals surface area contributed by atoms with E-state index in [9.17, 15) is 13.2 Å². The largest absolute Gasteiger partial charge is 0.480 e. The molecule has 2 nitrogen and oxygen atoms in total. The lowest BCUT2D eigenvalue weighted by Gasteiger charge is -2.14. The van der Waals surface area contributed by atoms with Crippen molar-refractivity contribution in [2.24, 2.45) is 0 Å². The quantitative estimate of drug-likeness (QED) is 0.815. The van der Waals surface area contributed by atoms with E-state index in [-0.39, 0.29) is 22.0 Å². The Labute approximate surface area is 112 Å². The van der Waals surface area contributed by atoms with Gasteiger partial charge in [0.25, 0.3) is 0 Å². The zero-order valence-corrected chi connectivity index (χ0v) is 10.6. The molecule has 2 rings (SSSR count). The lowest BCUT2D eigenvalue weighted by Crippen LogP contribution is -2.07. The minimum atomic E-state index is -4.45. The van der Waals surface area contributed by atoms with Crippen LogP contribution in [0.5, 0.6) is 5.88 Å². The molecule has 0 saturated heterocycles. The Balaban J connectivity index is 2.67. The number of hydrogen-bond donors (Lipinski definition) is 0. The van der Waals surface area contributed by atoms with Gasteiger partial charge in [0.05, 0.1) is 12.7 Å². The highest BCUT2D eigenvalue weighted by atomic mass is 35.5. The lowest BCUT2D eigenvalue weighted by molar-refractivity contribution is -0.137. The molecule has 0 amide bonds. The number of pyridine rings is 1. The first-order valence-corrected chi connectivity index (χ1v) is 5.68. The van der Waals surface area contributed by atoms with Crippen LogP contribution in [0.25, 0.3) is 11.1 Å². The first kappa shape index (κ1) is 13.7. The van der Waals surface area contributed by atoms with Gasteiger partial charge in [-0.05, 0) is 17.7 Å². The molecule has 0 spiro atoms. The summed E-state index contributed by atoms with van der Waals surface area (Å²) in [5, 5.41) is 0.0571. The minimum Gasteiger partial charge on any atom is -0.480 e. The Morgan fingerprint density at radius 2 is 1.79 bits per heavy atom. The average Bonchev–Trinajstić information content (AvgIpc) is 2.38. The van der Waals surface area contributed by atoms with E-state index in [1.165, 1.54) is 37.6 Å². The van der Waals surface area contributed by atoms with Crippen molar-refractivity contribution < 1.29 is 17.9 Å². The van der Waals surface area contributed by atoms with Gasteiger partial charge >= 0.3 is 6.18 Å². The Morgan fingerprint density at radius 1 is 1.11 bits per heavy atom. The molecule has 1 aromatic carbocycles. The maximum absolute atomic E-state index is 13.0. The third-order valence-electron chi connectivity index (χ3n) is 2.57. The summed E-state index contributed by atoms with van der Waals surface area (Å²) >= 11 is 6.01. The zero-order valence-electron chi connectivity index (χ0n) is 9.83. The van der Waals surface area contributed by atoms with Gasteiger partial charge in [-0.1, -0.05) is 29.8 Å². The molecular weight excluding hydrogens is 279 g/mol. The molecule has 0 aliphatic rings. The fourth-order valence-corrected chi connectivity index (χ4v) is 2.03. The van der Waals surface area contributed by atoms with E-state index in [1.807, 2.05) is 0 Å². The Morgan fingerprint density at radius 3 is 2.42 bits per heavy atom. The predicted molar refractivity (Wildman–Crippen MR) is 66.2 cm³/mol. The van der Waals surface area contributed by atoms with Crippen molar-refractivity contribution in [3.05, 3.63) is 47.1 Å². The van der Waals surface area contributed by atoms with Gasteiger partial charge in [-0.2, -0.15) is 13.2 Å². The molecule has 0 radical (unpaired) electrons. The molecule has 2 aromatic rings. The molecule has 0 fully saturated rings. The molecule has 0 unspecified atom stereocenters. The SMILES string of the molecule is COc1nccc(-c2ccccc2C(F)(F)F)c1Cl. The molecule has 1 aromatic heterocycles. The molecule has 100 valence electrons. The van der Waals surface area contributed by atoms with Crippen LogP contribution >= 0.6 is 11.6 Å². The third-order valence-corrected chi connectivity index (χ3v) is 2.94. The van der Waals surface area contributed by atoms with Crippen molar-refractivity contribution in [1.82, 2.24) is 4.98 Å². The van der Waals surface area contributed by atoms with Gasteiger partial charge < -0.3 is 4.74 Å². The third kappa shape index (κ3) is 2.66. The van der Waals surface area contributed by atoms with Crippen LogP contribution in [0, 0.1) is 0 Å². The molecule has 0 aliphatic heterocycles. The summed E-state index contributed by atoms with van der Waals surface area (Å²) in [4.78, 5) is 3.84. The van der Waals surface area contributed by atoms with Crippen LogP contribution in [0.1, 0.15) is 5.56 Å². The summed E-state index contributed by atoms with van der Waals surface area (Å²) in [6, 6.07) is 6.66. The maximum atomic E-state index is 13.0. The molecule has 0 atom stereocenters. The van der Waals surface area contributed by atoms with Crippen LogP contribution in [-0.2, 0) is 6.18 Å². The average molecular weight is 288 g/mol. The first-order valence-electron chi connectivity index (χ1n) is 5.30. The number of nitrogens with zero attached hydrogens (tertiary/aromatic N) is 1. The van der Waals surface area contributed by atoms with Crippen LogP contribution in [0.3, 0.4) is 0 Å². The van der Waals surface area contributed by atoms with Gasteiger partial charge in [0, 0.05) is 11.8 Å². The van der Waals surface area contributed by atoms with Gasteiger partial charge in [-0.25, -0.2) is 4.98 Å². The molecule has 19 heavy (non-hydrogen) atoms. The highest BCUT2D eigenvalue weighted by molar-refractivity contribution is 6.34. The van der Waals surface area contributed by atoms with E-state index in [1.54, 1.807) is 0 Å². The standard InChI is InChI=1S/C13H9ClF3NO/c1-19-12-11(14)9(6-7-18-12)8-4-2-3-5-10(8)13(15,16)17/h2-7H,1H3. The van der Waals surface area contributed by atoms with E-state index in [4.69, 9.17) is 16.3 Å². The minimum absolute atomic E-state index is 0.000648. The van der Waals surface area contributed by atoms with E-state index in [0.29, 0.717) is 0 Å². The number of aromatic nitrogens is 1. The van der Waals surface area contributed by atoms with Crippen molar-refractivity contribution in [2.75, 3.05) is 7.11 Å². The van der Waals surface area contributed by atoms with Gasteiger partial charge in [0.1, 0.15) is 5.02 Å². The van der Waals surface area contributed by atoms with Gasteiger partial charge in [-0.15, -0.1) is 0 Å². The Kier molecular flexibility index (Phi) is 3.66. The number of methoxy groups -OCH3 is 1. The van der Waals surface area contributed by atoms with Crippen molar-refractivity contribution in [1.29, 1.82) is 0 Å². The Hall–Kier alpha value is -1.75. The Bertz CT molecular complexity index is 599. The van der Waals surface area contributed by atoms with Crippen LogP contribution in [0.15, 0.2) is 36.5 Å². The van der Waals surface area contributed by atoms with Crippen molar-refractivity contribution in [3.8, 4) is 17.0 Å². The summed E-state index contributed by atoms with van der Waals surface area (Å²) in [5.74, 6) is 0.0937. The van der Waals surface area contributed by atoms with E-state index >= 15 is 0 Å². The summed E-state index contributed by atoms with van der Waals surface area (Å²) in [6.07, 6.45) is -3.09. The van der Waals surface area contributed by atoms with Gasteiger partial charge in [0.15, 0.2) is 0 Å². The molecule has 6 heteroatoms. The second-order valence-corrected chi connectivity index (χ2v) is 4.10. The van der Waals surface area contributed by atoms with E-state index in [0.717, 1.165) is 6.07 Å². The molecule has 0 aliphatic carbocycles. The predicted octanol–water partition coefficient (Wildman–Crippen LogP) is 4.43. The summed E-state index contributed by atoms with van der Waals surface area (Å²) < 4.78 is 43.8. The lowest BCUT2D eigenvalue weighted by atomic mass is 10.0. The molecule has 0 saturated carbocycles. The highest BCUT2D eigenvalue weighted by Gasteiger charge is 2.33. The fourth-order valence-electron chi connectivity index (χ4n) is 1.74. The summed E-state index contributed by atoms with van der Waals surface area (Å²) in [6.45, 7) is 0. The molecule has 0 N–H and O–H groups in total. The first-order chi connectivity index (χ1) is 8.95. The number of ether oxygens (including phenoxy) is 1. The second kappa shape index (κ2) is 5.09. The van der Waals surface area contributed by atoms with Crippen LogP contribution < -0.4 is 4.74 Å². The van der Waals surface area contributed by atoms with Crippen LogP contribution in [-0.4, -0.2) is 12.1 Å². The second-order valence-electron chi connectivity index (χ2n) is 3.73. The summed E-state index contributed by atoms with van der Waals surface area (Å²) in [7, 11) is 1.35. The van der Waals surface area contributed by atoms with Gasteiger partial charge in [0.2, 0.25) is 5.88 Å². The fraction of sp³-hybridized carbons (Fsp3) is 0.154. The number of benzene rings is 1. The molecule has 1 heterocycles. The highest BCUT2D eigenvalue weighted by Crippen LogP contribution is 2.41. The number of rotatable bonds is 2. The molecular formula is C13H9ClF3NO. The van der Waals surface area contributed by atoms with E-state index in [2.05, 4.69) is 4.98 Å².